The molecule has 3 aromatic carbocycles. The molecule has 6 aromatic rings. The van der Waals surface area contributed by atoms with Crippen LogP contribution in [0.1, 0.15) is 49.2 Å². The maximum absolute atomic E-state index is 13.4. The Morgan fingerprint density at radius 2 is 1.70 bits per heavy atom. The van der Waals surface area contributed by atoms with Gasteiger partial charge in [-0.2, -0.15) is 14.6 Å². The predicted molar refractivity (Wildman–Crippen MR) is 177 cm³/mol. The molecule has 0 atom stereocenters. The van der Waals surface area contributed by atoms with Crippen LogP contribution in [0.2, 0.25) is 0 Å². The van der Waals surface area contributed by atoms with E-state index >= 15 is 0 Å². The van der Waals surface area contributed by atoms with E-state index < -0.39 is 0 Å². The average molecular weight is 604 g/mol. The average Bonchev–Trinajstić information content (AvgIpc) is 3.72. The number of hydrogen-bond acceptors (Lipinski definition) is 7. The number of thiazole rings is 1. The summed E-state index contributed by atoms with van der Waals surface area (Å²) in [5.41, 5.74) is 5.33. The maximum Gasteiger partial charge on any atom is 0.291 e. The van der Waals surface area contributed by atoms with Gasteiger partial charge in [-0.1, -0.05) is 61.1 Å². The molecule has 0 spiro atoms. The number of nitrogens with zero attached hydrogens (tertiary/aromatic N) is 5. The second-order valence-corrected chi connectivity index (χ2v) is 11.3. The largest absolute Gasteiger partial charge is 0.494 e. The Morgan fingerprint density at radius 1 is 0.909 bits per heavy atom. The summed E-state index contributed by atoms with van der Waals surface area (Å²) in [5.74, 6) is 2.14. The molecule has 0 amide bonds. The van der Waals surface area contributed by atoms with Gasteiger partial charge in [-0.15, -0.1) is 5.10 Å². The number of aromatic nitrogens is 5. The molecule has 0 saturated carbocycles. The van der Waals surface area contributed by atoms with Gasteiger partial charge in [0, 0.05) is 17.3 Å². The van der Waals surface area contributed by atoms with Crippen LogP contribution in [0.15, 0.2) is 83.8 Å². The monoisotopic (exact) mass is 603 g/mol. The van der Waals surface area contributed by atoms with Crippen molar-refractivity contribution in [1.82, 2.24) is 24.4 Å². The Hall–Kier alpha value is -5.02. The van der Waals surface area contributed by atoms with Crippen LogP contribution >= 0.6 is 11.3 Å². The highest BCUT2D eigenvalue weighted by molar-refractivity contribution is 7.15. The van der Waals surface area contributed by atoms with E-state index in [2.05, 4.69) is 23.9 Å². The zero-order valence-electron chi connectivity index (χ0n) is 24.9. The molecule has 0 aliphatic carbocycles. The number of aryl methyl sites for hydroxylation is 1. The Balaban J connectivity index is 1.34. The molecule has 0 radical (unpaired) electrons. The molecule has 3 aromatic heterocycles. The van der Waals surface area contributed by atoms with E-state index in [0.29, 0.717) is 28.5 Å². The highest BCUT2D eigenvalue weighted by atomic mass is 32.1. The lowest BCUT2D eigenvalue weighted by atomic mass is 10.0. The van der Waals surface area contributed by atoms with Gasteiger partial charge in [0.15, 0.2) is 5.82 Å². The number of rotatable bonds is 11. The Kier molecular flexibility index (Phi) is 8.65. The minimum absolute atomic E-state index is 0.215. The third-order valence-corrected chi connectivity index (χ3v) is 8.04. The third-order valence-electron chi connectivity index (χ3n) is 7.08. The molecule has 0 fully saturated rings. The van der Waals surface area contributed by atoms with Crippen LogP contribution in [-0.4, -0.2) is 37.6 Å². The molecule has 6 rings (SSSR count). The molecule has 0 unspecified atom stereocenters. The van der Waals surface area contributed by atoms with Gasteiger partial charge in [0.2, 0.25) is 4.96 Å². The van der Waals surface area contributed by atoms with E-state index in [-0.39, 0.29) is 5.56 Å². The van der Waals surface area contributed by atoms with Crippen molar-refractivity contribution in [2.45, 2.75) is 33.6 Å². The zero-order valence-corrected chi connectivity index (χ0v) is 25.8. The van der Waals surface area contributed by atoms with Crippen molar-refractivity contribution in [3.63, 3.8) is 0 Å². The van der Waals surface area contributed by atoms with Crippen LogP contribution in [0.4, 0.5) is 0 Å². The lowest BCUT2D eigenvalue weighted by Gasteiger charge is -2.09. The summed E-state index contributed by atoms with van der Waals surface area (Å²) in [6.45, 7) is 7.47. The predicted octanol–water partition coefficient (Wildman–Crippen LogP) is 6.61. The first-order chi connectivity index (χ1) is 21.5. The summed E-state index contributed by atoms with van der Waals surface area (Å²) in [6, 6.07) is 23.8. The molecule has 3 heterocycles. The van der Waals surface area contributed by atoms with Gasteiger partial charge in [-0.25, -0.2) is 4.68 Å². The first-order valence-electron chi connectivity index (χ1n) is 14.7. The summed E-state index contributed by atoms with van der Waals surface area (Å²) in [6.07, 6.45) is 9.65. The molecular weight excluding hydrogens is 570 g/mol. The fourth-order valence-corrected chi connectivity index (χ4v) is 5.72. The summed E-state index contributed by atoms with van der Waals surface area (Å²) in [7, 11) is 0. The number of ether oxygens (including phenoxy) is 2. The van der Waals surface area contributed by atoms with Gasteiger partial charge >= 0.3 is 0 Å². The third kappa shape index (κ3) is 6.33. The SMILES string of the molecule is CCCCOc1ccc(-c2nn(-c3ccccc3)cc2/C=c2\sc3nc(/C=C/c4ccc(OCC)cc4)nn3c2=O)c(C)c1. The minimum atomic E-state index is -0.215. The summed E-state index contributed by atoms with van der Waals surface area (Å²) in [5, 5.41) is 9.42. The quantitative estimate of drug-likeness (QED) is 0.155. The van der Waals surface area contributed by atoms with Crippen LogP contribution in [-0.2, 0) is 0 Å². The van der Waals surface area contributed by atoms with E-state index in [0.717, 1.165) is 58.0 Å². The van der Waals surface area contributed by atoms with Crippen LogP contribution in [0.25, 0.3) is 40.1 Å². The number of unbranched alkanes of at least 4 members (excludes halogenated alkanes) is 1. The van der Waals surface area contributed by atoms with Crippen LogP contribution < -0.4 is 19.6 Å². The van der Waals surface area contributed by atoms with Crippen molar-refractivity contribution in [3.8, 4) is 28.4 Å². The Bertz CT molecular complexity index is 2020. The summed E-state index contributed by atoms with van der Waals surface area (Å²) in [4.78, 5) is 18.6. The smallest absolute Gasteiger partial charge is 0.291 e. The molecule has 0 N–H and O–H groups in total. The lowest BCUT2D eigenvalue weighted by molar-refractivity contribution is 0.309. The maximum atomic E-state index is 13.4. The van der Waals surface area contributed by atoms with E-state index in [1.165, 1.54) is 15.9 Å². The number of benzene rings is 3. The number of fused-ring (bicyclic) bond motifs is 1. The van der Waals surface area contributed by atoms with Crippen LogP contribution in [0.3, 0.4) is 0 Å². The van der Waals surface area contributed by atoms with Crippen molar-refractivity contribution in [2.75, 3.05) is 13.2 Å². The van der Waals surface area contributed by atoms with Crippen molar-refractivity contribution >= 4 is 34.5 Å². The molecule has 44 heavy (non-hydrogen) atoms. The van der Waals surface area contributed by atoms with Gasteiger partial charge in [0.1, 0.15) is 17.2 Å². The highest BCUT2D eigenvalue weighted by Crippen LogP contribution is 2.30. The molecule has 9 heteroatoms. The van der Waals surface area contributed by atoms with Crippen molar-refractivity contribution in [1.29, 1.82) is 0 Å². The van der Waals surface area contributed by atoms with E-state index in [9.17, 15) is 4.79 Å². The van der Waals surface area contributed by atoms with Crippen molar-refractivity contribution in [2.24, 2.45) is 0 Å². The molecule has 0 bridgehead atoms. The first-order valence-corrected chi connectivity index (χ1v) is 15.5. The Morgan fingerprint density at radius 3 is 2.43 bits per heavy atom. The van der Waals surface area contributed by atoms with Gasteiger partial charge in [0.05, 0.1) is 23.4 Å². The van der Waals surface area contributed by atoms with Crippen molar-refractivity contribution in [3.05, 3.63) is 116 Å². The normalized spacial score (nSPS) is 12.0. The van der Waals surface area contributed by atoms with Crippen LogP contribution in [0.5, 0.6) is 11.5 Å². The molecule has 222 valence electrons. The summed E-state index contributed by atoms with van der Waals surface area (Å²) < 4.78 is 15.2. The standard InChI is InChI=1S/C35H33N5O3S/c1-4-6-20-43-29-17-18-30(24(3)21-29)33-26(23-39(38-33)27-10-8-7-9-11-27)22-31-34(41)40-35(44-31)36-32(37-40)19-14-25-12-15-28(16-13-25)42-5-2/h7-19,21-23H,4-6,20H2,1-3H3/b19-14+,31-22-. The van der Waals surface area contributed by atoms with E-state index in [4.69, 9.17) is 14.6 Å². The molecule has 8 nitrogen and oxygen atoms in total. The van der Waals surface area contributed by atoms with Gasteiger partial charge in [-0.05, 0) is 86.0 Å². The zero-order chi connectivity index (χ0) is 30.5. The fraction of sp³-hybridized carbons (Fsp3) is 0.200. The topological polar surface area (TPSA) is 83.5 Å². The number of para-hydroxylation sites is 1. The second kappa shape index (κ2) is 13.1. The molecule has 0 aliphatic heterocycles. The fourth-order valence-electron chi connectivity index (χ4n) is 4.81. The van der Waals surface area contributed by atoms with Crippen LogP contribution in [0, 0.1) is 6.92 Å². The first kappa shape index (κ1) is 29.1. The molecule has 0 aliphatic rings. The summed E-state index contributed by atoms with van der Waals surface area (Å²) >= 11 is 1.31. The van der Waals surface area contributed by atoms with E-state index in [1.807, 2.05) is 103 Å². The van der Waals surface area contributed by atoms with Gasteiger partial charge in [-0.3, -0.25) is 4.79 Å². The Labute approximate surface area is 259 Å². The molecular formula is C35H33N5O3S. The number of hydrogen-bond donors (Lipinski definition) is 0. The highest BCUT2D eigenvalue weighted by Gasteiger charge is 2.16. The van der Waals surface area contributed by atoms with E-state index in [1.54, 1.807) is 6.08 Å². The van der Waals surface area contributed by atoms with Gasteiger partial charge in [0.25, 0.3) is 5.56 Å². The minimum Gasteiger partial charge on any atom is -0.494 e. The molecule has 0 saturated heterocycles. The second-order valence-electron chi connectivity index (χ2n) is 10.3. The van der Waals surface area contributed by atoms with Crippen molar-refractivity contribution < 1.29 is 9.47 Å². The van der Waals surface area contributed by atoms with Gasteiger partial charge < -0.3 is 9.47 Å². The lowest BCUT2D eigenvalue weighted by Crippen LogP contribution is -2.23.